The van der Waals surface area contributed by atoms with E-state index in [2.05, 4.69) is 10.6 Å². The van der Waals surface area contributed by atoms with Crippen molar-refractivity contribution in [3.8, 4) is 5.75 Å². The van der Waals surface area contributed by atoms with E-state index in [0.717, 1.165) is 16.8 Å². The minimum atomic E-state index is -0.270. The molecule has 0 saturated heterocycles. The second-order valence-corrected chi connectivity index (χ2v) is 6.20. The van der Waals surface area contributed by atoms with Gasteiger partial charge in [0.05, 0.1) is 6.61 Å². The van der Waals surface area contributed by atoms with Crippen molar-refractivity contribution in [1.82, 2.24) is 5.32 Å². The first kappa shape index (κ1) is 19.9. The zero-order valence-electron chi connectivity index (χ0n) is 15.3. The molecule has 1 amide bonds. The fourth-order valence-electron chi connectivity index (χ4n) is 2.26. The summed E-state index contributed by atoms with van der Waals surface area (Å²) in [5.41, 5.74) is 3.56. The second-order valence-electron chi connectivity index (χ2n) is 5.80. The maximum absolute atomic E-state index is 12.3. The van der Waals surface area contributed by atoms with Crippen LogP contribution in [0.2, 0.25) is 0 Å². The summed E-state index contributed by atoms with van der Waals surface area (Å²) >= 11 is 5.24. The minimum absolute atomic E-state index is 0.265. The third-order valence-electron chi connectivity index (χ3n) is 3.69. The number of thiocarbonyl (C=S) groups is 1. The van der Waals surface area contributed by atoms with Crippen molar-refractivity contribution in [3.63, 3.8) is 0 Å². The molecule has 2 N–H and O–H groups in total. The van der Waals surface area contributed by atoms with E-state index in [1.54, 1.807) is 24.3 Å². The maximum atomic E-state index is 12.3. The van der Waals surface area contributed by atoms with Crippen LogP contribution >= 0.6 is 12.2 Å². The summed E-state index contributed by atoms with van der Waals surface area (Å²) in [7, 11) is 0. The normalized spacial score (nSPS) is 10.3. The van der Waals surface area contributed by atoms with Crippen molar-refractivity contribution in [3.05, 3.63) is 59.2 Å². The molecule has 2 rings (SSSR count). The Morgan fingerprint density at radius 3 is 2.50 bits per heavy atom. The first-order valence-corrected chi connectivity index (χ1v) is 8.90. The van der Waals surface area contributed by atoms with Crippen LogP contribution in [0.4, 0.5) is 5.69 Å². The molecule has 0 saturated carbocycles. The molecule has 0 bridgehead atoms. The number of rotatable bonds is 7. The Labute approximate surface area is 159 Å². The van der Waals surface area contributed by atoms with Crippen LogP contribution in [0, 0.1) is 13.8 Å². The van der Waals surface area contributed by atoms with Crippen molar-refractivity contribution >= 4 is 28.9 Å². The Hall–Kier alpha value is -2.44. The zero-order chi connectivity index (χ0) is 18.9. The number of nitrogens with one attached hydrogen (secondary N) is 2. The molecule has 0 aromatic heterocycles. The standard InChI is InChI=1S/C20H24N2O3S/c1-4-24-11-12-25-17-9-7-16(8-10-17)19(23)22-20(26)21-18-13-14(2)5-6-15(18)3/h5-10,13H,4,11-12H2,1-3H3,(H2,21,22,23,26). The predicted molar refractivity (Wildman–Crippen MR) is 108 cm³/mol. The highest BCUT2D eigenvalue weighted by Gasteiger charge is 2.09. The van der Waals surface area contributed by atoms with Crippen LogP contribution in [0.25, 0.3) is 0 Å². The molecule has 0 radical (unpaired) electrons. The summed E-state index contributed by atoms with van der Waals surface area (Å²) in [4.78, 5) is 12.3. The summed E-state index contributed by atoms with van der Waals surface area (Å²) < 4.78 is 10.7. The number of anilines is 1. The van der Waals surface area contributed by atoms with E-state index in [1.165, 1.54) is 0 Å². The van der Waals surface area contributed by atoms with Crippen LogP contribution < -0.4 is 15.4 Å². The lowest BCUT2D eigenvalue weighted by atomic mass is 10.1. The third kappa shape index (κ3) is 6.13. The number of carbonyl (C=O) groups is 1. The largest absolute Gasteiger partial charge is 0.491 e. The molecular weight excluding hydrogens is 348 g/mol. The Morgan fingerprint density at radius 1 is 1.08 bits per heavy atom. The monoisotopic (exact) mass is 372 g/mol. The van der Waals surface area contributed by atoms with Crippen LogP contribution in [-0.4, -0.2) is 30.8 Å². The molecule has 5 nitrogen and oxygen atoms in total. The SMILES string of the molecule is CCOCCOc1ccc(C(=O)NC(=S)Nc2cc(C)ccc2C)cc1. The molecule has 0 aliphatic rings. The first-order chi connectivity index (χ1) is 12.5. The fraction of sp³-hybridized carbons (Fsp3) is 0.300. The maximum Gasteiger partial charge on any atom is 0.257 e. The topological polar surface area (TPSA) is 59.6 Å². The van der Waals surface area contributed by atoms with Crippen molar-refractivity contribution in [1.29, 1.82) is 0 Å². The highest BCUT2D eigenvalue weighted by Crippen LogP contribution is 2.16. The van der Waals surface area contributed by atoms with Crippen LogP contribution in [0.15, 0.2) is 42.5 Å². The molecule has 2 aromatic carbocycles. The van der Waals surface area contributed by atoms with Crippen LogP contribution in [0.5, 0.6) is 5.75 Å². The molecule has 0 fully saturated rings. The highest BCUT2D eigenvalue weighted by molar-refractivity contribution is 7.80. The number of ether oxygens (including phenoxy) is 2. The van der Waals surface area contributed by atoms with E-state index in [1.807, 2.05) is 39.0 Å². The van der Waals surface area contributed by atoms with Gasteiger partial charge in [-0.3, -0.25) is 10.1 Å². The predicted octanol–water partition coefficient (Wildman–Crippen LogP) is 3.85. The number of aryl methyl sites for hydroxylation is 2. The number of carbonyl (C=O) groups excluding carboxylic acids is 1. The number of hydrogen-bond acceptors (Lipinski definition) is 4. The number of amides is 1. The molecule has 0 spiro atoms. The van der Waals surface area contributed by atoms with Crippen molar-refractivity contribution in [2.75, 3.05) is 25.1 Å². The van der Waals surface area contributed by atoms with Gasteiger partial charge >= 0.3 is 0 Å². The Bertz CT molecular complexity index is 760. The van der Waals surface area contributed by atoms with Gasteiger partial charge in [0.25, 0.3) is 5.91 Å². The molecule has 0 aliphatic heterocycles. The van der Waals surface area contributed by atoms with Gasteiger partial charge in [0, 0.05) is 17.9 Å². The van der Waals surface area contributed by atoms with Crippen molar-refractivity contribution in [2.24, 2.45) is 0 Å². The molecule has 0 aliphatic carbocycles. The van der Waals surface area contributed by atoms with E-state index in [0.29, 0.717) is 31.1 Å². The highest BCUT2D eigenvalue weighted by atomic mass is 32.1. The smallest absolute Gasteiger partial charge is 0.257 e. The van der Waals surface area contributed by atoms with E-state index < -0.39 is 0 Å². The van der Waals surface area contributed by atoms with Gasteiger partial charge < -0.3 is 14.8 Å². The molecule has 0 heterocycles. The van der Waals surface area contributed by atoms with Crippen LogP contribution in [-0.2, 0) is 4.74 Å². The average Bonchev–Trinajstić information content (AvgIpc) is 2.62. The van der Waals surface area contributed by atoms with E-state index in [4.69, 9.17) is 21.7 Å². The number of benzene rings is 2. The van der Waals surface area contributed by atoms with Crippen molar-refractivity contribution < 1.29 is 14.3 Å². The minimum Gasteiger partial charge on any atom is -0.491 e. The summed E-state index contributed by atoms with van der Waals surface area (Å²) in [5, 5.41) is 6.02. The fourth-order valence-corrected chi connectivity index (χ4v) is 2.47. The molecule has 2 aromatic rings. The summed E-state index contributed by atoms with van der Waals surface area (Å²) in [6, 6.07) is 12.9. The summed E-state index contributed by atoms with van der Waals surface area (Å²) in [6.07, 6.45) is 0. The lowest BCUT2D eigenvalue weighted by Gasteiger charge is -2.12. The molecule has 0 atom stereocenters. The quantitative estimate of drug-likeness (QED) is 0.571. The average molecular weight is 372 g/mol. The van der Waals surface area contributed by atoms with Gasteiger partial charge in [-0.15, -0.1) is 0 Å². The molecule has 26 heavy (non-hydrogen) atoms. The zero-order valence-corrected chi connectivity index (χ0v) is 16.1. The van der Waals surface area contributed by atoms with Gasteiger partial charge in [-0.25, -0.2) is 0 Å². The van der Waals surface area contributed by atoms with E-state index in [-0.39, 0.29) is 11.0 Å². The van der Waals surface area contributed by atoms with Gasteiger partial charge in [-0.1, -0.05) is 12.1 Å². The second kappa shape index (κ2) is 9.89. The van der Waals surface area contributed by atoms with E-state index >= 15 is 0 Å². The lowest BCUT2D eigenvalue weighted by Crippen LogP contribution is -2.34. The van der Waals surface area contributed by atoms with Crippen LogP contribution in [0.1, 0.15) is 28.4 Å². The molecule has 0 unspecified atom stereocenters. The van der Waals surface area contributed by atoms with Crippen molar-refractivity contribution in [2.45, 2.75) is 20.8 Å². The number of hydrogen-bond donors (Lipinski definition) is 2. The molecular formula is C20H24N2O3S. The van der Waals surface area contributed by atoms with Gasteiger partial charge in [-0.05, 0) is 74.4 Å². The first-order valence-electron chi connectivity index (χ1n) is 8.49. The lowest BCUT2D eigenvalue weighted by molar-refractivity contribution is 0.0977. The summed E-state index contributed by atoms with van der Waals surface area (Å²) in [5.74, 6) is 0.422. The Kier molecular flexibility index (Phi) is 7.56. The molecule has 138 valence electrons. The van der Waals surface area contributed by atoms with Crippen LogP contribution in [0.3, 0.4) is 0 Å². The Morgan fingerprint density at radius 2 is 1.81 bits per heavy atom. The van der Waals surface area contributed by atoms with Gasteiger partial charge in [0.1, 0.15) is 12.4 Å². The Balaban J connectivity index is 1.88. The van der Waals surface area contributed by atoms with Gasteiger partial charge in [0.2, 0.25) is 0 Å². The van der Waals surface area contributed by atoms with E-state index in [9.17, 15) is 4.79 Å². The molecule has 6 heteroatoms. The summed E-state index contributed by atoms with van der Waals surface area (Å²) in [6.45, 7) is 7.60. The van der Waals surface area contributed by atoms with Gasteiger partial charge in [-0.2, -0.15) is 0 Å². The van der Waals surface area contributed by atoms with Gasteiger partial charge in [0.15, 0.2) is 5.11 Å². The third-order valence-corrected chi connectivity index (χ3v) is 3.89.